The van der Waals surface area contributed by atoms with E-state index >= 15 is 0 Å². The molecule has 0 unspecified atom stereocenters. The standard InChI is InChI=1S/C22H18N2O6S2/c1-28-21(27)15-5-3-14(4-6-15)19(25)23-8-9-24-20(26)18(32-22(24)31)11-13-2-7-16-17(10-13)30-12-29-16/h2-7,10-11H,8-9,12H2,1H3,(H,23,25). The fourth-order valence-electron chi connectivity index (χ4n) is 3.11. The number of methoxy groups -OCH3 is 1. The van der Waals surface area contributed by atoms with E-state index in [0.717, 1.165) is 5.56 Å². The number of benzene rings is 2. The quantitative estimate of drug-likeness (QED) is 0.391. The zero-order valence-corrected chi connectivity index (χ0v) is 18.6. The Hall–Kier alpha value is -3.37. The molecule has 0 aliphatic carbocycles. The fraction of sp³-hybridized carbons (Fsp3) is 0.182. The molecule has 8 nitrogen and oxygen atoms in total. The molecule has 32 heavy (non-hydrogen) atoms. The molecule has 1 N–H and O–H groups in total. The Morgan fingerprint density at radius 3 is 2.62 bits per heavy atom. The minimum absolute atomic E-state index is 0.183. The van der Waals surface area contributed by atoms with E-state index in [1.807, 2.05) is 6.07 Å². The van der Waals surface area contributed by atoms with Crippen molar-refractivity contribution in [2.45, 2.75) is 0 Å². The summed E-state index contributed by atoms with van der Waals surface area (Å²) in [6.45, 7) is 0.651. The van der Waals surface area contributed by atoms with Gasteiger partial charge in [-0.2, -0.15) is 0 Å². The molecule has 2 aliphatic rings. The summed E-state index contributed by atoms with van der Waals surface area (Å²) in [6.07, 6.45) is 1.75. The van der Waals surface area contributed by atoms with Gasteiger partial charge in [0.1, 0.15) is 4.32 Å². The second-order valence-corrected chi connectivity index (χ2v) is 8.45. The number of carbonyl (C=O) groups is 3. The van der Waals surface area contributed by atoms with Crippen molar-refractivity contribution in [2.75, 3.05) is 27.0 Å². The predicted octanol–water partition coefficient (Wildman–Crippen LogP) is 2.83. The molecular weight excluding hydrogens is 452 g/mol. The van der Waals surface area contributed by atoms with Crippen LogP contribution in [0, 0.1) is 0 Å². The molecule has 2 heterocycles. The summed E-state index contributed by atoms with van der Waals surface area (Å²) < 4.78 is 15.7. The second kappa shape index (κ2) is 9.41. The number of rotatable bonds is 6. The van der Waals surface area contributed by atoms with Crippen molar-refractivity contribution in [1.82, 2.24) is 10.2 Å². The lowest BCUT2D eigenvalue weighted by Gasteiger charge is -2.15. The van der Waals surface area contributed by atoms with Gasteiger partial charge in [-0.1, -0.05) is 30.0 Å². The molecule has 2 aliphatic heterocycles. The molecule has 10 heteroatoms. The van der Waals surface area contributed by atoms with Crippen molar-refractivity contribution in [3.63, 3.8) is 0 Å². The summed E-state index contributed by atoms with van der Waals surface area (Å²) in [4.78, 5) is 38.5. The van der Waals surface area contributed by atoms with Crippen molar-refractivity contribution in [2.24, 2.45) is 0 Å². The Bertz CT molecular complexity index is 1130. The number of thiocarbonyl (C=S) groups is 1. The number of fused-ring (bicyclic) bond motifs is 1. The van der Waals surface area contributed by atoms with Gasteiger partial charge in [-0.15, -0.1) is 0 Å². The number of nitrogens with one attached hydrogen (secondary N) is 1. The van der Waals surface area contributed by atoms with Gasteiger partial charge < -0.3 is 19.5 Å². The average Bonchev–Trinajstić information content (AvgIpc) is 3.37. The molecule has 164 valence electrons. The van der Waals surface area contributed by atoms with Gasteiger partial charge in [0.05, 0.1) is 17.6 Å². The number of carbonyl (C=O) groups excluding carboxylic acids is 3. The third kappa shape index (κ3) is 4.61. The van der Waals surface area contributed by atoms with Gasteiger partial charge in [-0.3, -0.25) is 14.5 Å². The highest BCUT2D eigenvalue weighted by Crippen LogP contribution is 2.36. The number of esters is 1. The summed E-state index contributed by atoms with van der Waals surface area (Å²) in [5, 5.41) is 2.75. The summed E-state index contributed by atoms with van der Waals surface area (Å²) in [7, 11) is 1.29. The monoisotopic (exact) mass is 470 g/mol. The third-order valence-electron chi connectivity index (χ3n) is 4.76. The van der Waals surface area contributed by atoms with Gasteiger partial charge in [0.15, 0.2) is 11.5 Å². The average molecular weight is 471 g/mol. The molecule has 2 aromatic carbocycles. The van der Waals surface area contributed by atoms with E-state index in [9.17, 15) is 14.4 Å². The first kappa shape index (κ1) is 21.8. The van der Waals surface area contributed by atoms with Crippen LogP contribution in [0.25, 0.3) is 6.08 Å². The highest BCUT2D eigenvalue weighted by molar-refractivity contribution is 8.26. The Kier molecular flexibility index (Phi) is 6.42. The second-order valence-electron chi connectivity index (χ2n) is 6.77. The molecule has 0 radical (unpaired) electrons. The number of hydrogen-bond donors (Lipinski definition) is 1. The van der Waals surface area contributed by atoms with Crippen molar-refractivity contribution in [1.29, 1.82) is 0 Å². The number of hydrogen-bond acceptors (Lipinski definition) is 8. The van der Waals surface area contributed by atoms with E-state index in [-0.39, 0.29) is 31.7 Å². The van der Waals surface area contributed by atoms with Crippen molar-refractivity contribution in [3.05, 3.63) is 64.1 Å². The molecule has 2 amide bonds. The van der Waals surface area contributed by atoms with E-state index in [4.69, 9.17) is 21.7 Å². The molecular formula is C22H18N2O6S2. The van der Waals surface area contributed by atoms with E-state index in [2.05, 4.69) is 10.1 Å². The van der Waals surface area contributed by atoms with Gasteiger partial charge in [-0.05, 0) is 48.0 Å². The molecule has 4 rings (SSSR count). The Labute approximate surface area is 193 Å². The molecule has 1 saturated heterocycles. The van der Waals surface area contributed by atoms with Crippen LogP contribution in [0.15, 0.2) is 47.4 Å². The van der Waals surface area contributed by atoms with Crippen LogP contribution in [-0.2, 0) is 9.53 Å². The maximum absolute atomic E-state index is 12.8. The molecule has 0 saturated carbocycles. The SMILES string of the molecule is COC(=O)c1ccc(C(=O)NCCN2C(=O)C(=Cc3ccc4c(c3)OCO4)SC2=S)cc1. The molecule has 2 aromatic rings. The van der Waals surface area contributed by atoms with Crippen molar-refractivity contribution >= 4 is 52.2 Å². The zero-order chi connectivity index (χ0) is 22.7. The molecule has 0 spiro atoms. The van der Waals surface area contributed by atoms with Crippen LogP contribution in [0.4, 0.5) is 0 Å². The Morgan fingerprint density at radius 1 is 1.16 bits per heavy atom. The normalized spacial score (nSPS) is 15.9. The highest BCUT2D eigenvalue weighted by atomic mass is 32.2. The maximum atomic E-state index is 12.8. The van der Waals surface area contributed by atoms with E-state index < -0.39 is 5.97 Å². The van der Waals surface area contributed by atoms with E-state index in [0.29, 0.717) is 31.9 Å². The van der Waals surface area contributed by atoms with Crippen LogP contribution in [0.2, 0.25) is 0 Å². The molecule has 0 bridgehead atoms. The minimum Gasteiger partial charge on any atom is -0.465 e. The number of ether oxygens (including phenoxy) is 3. The lowest BCUT2D eigenvalue weighted by Crippen LogP contribution is -2.37. The Balaban J connectivity index is 1.34. The van der Waals surface area contributed by atoms with E-state index in [1.165, 1.54) is 48.0 Å². The number of nitrogens with zero attached hydrogens (tertiary/aromatic N) is 1. The van der Waals surface area contributed by atoms with Crippen LogP contribution < -0.4 is 14.8 Å². The largest absolute Gasteiger partial charge is 0.465 e. The molecule has 0 aromatic heterocycles. The van der Waals surface area contributed by atoms with Crippen LogP contribution in [0.5, 0.6) is 11.5 Å². The third-order valence-corrected chi connectivity index (χ3v) is 6.13. The summed E-state index contributed by atoms with van der Waals surface area (Å²) >= 11 is 6.55. The smallest absolute Gasteiger partial charge is 0.337 e. The van der Waals surface area contributed by atoms with Crippen molar-refractivity contribution in [3.8, 4) is 11.5 Å². The highest BCUT2D eigenvalue weighted by Gasteiger charge is 2.31. The van der Waals surface area contributed by atoms with Gasteiger partial charge >= 0.3 is 5.97 Å². The van der Waals surface area contributed by atoms with Crippen LogP contribution in [0.3, 0.4) is 0 Å². The molecule has 0 atom stereocenters. The minimum atomic E-state index is -0.472. The van der Waals surface area contributed by atoms with Crippen LogP contribution in [0.1, 0.15) is 26.3 Å². The predicted molar refractivity (Wildman–Crippen MR) is 123 cm³/mol. The lowest BCUT2D eigenvalue weighted by atomic mass is 10.1. The zero-order valence-electron chi connectivity index (χ0n) is 17.0. The molecule has 1 fully saturated rings. The van der Waals surface area contributed by atoms with Gasteiger partial charge in [-0.25, -0.2) is 4.79 Å². The first-order valence-electron chi connectivity index (χ1n) is 9.58. The summed E-state index contributed by atoms with van der Waals surface area (Å²) in [6, 6.07) is 11.5. The van der Waals surface area contributed by atoms with Gasteiger partial charge in [0.2, 0.25) is 6.79 Å². The van der Waals surface area contributed by atoms with Crippen LogP contribution >= 0.6 is 24.0 Å². The fourth-order valence-corrected chi connectivity index (χ4v) is 4.41. The summed E-state index contributed by atoms with van der Waals surface area (Å²) in [5.41, 5.74) is 1.56. The maximum Gasteiger partial charge on any atom is 0.337 e. The van der Waals surface area contributed by atoms with Crippen molar-refractivity contribution < 1.29 is 28.6 Å². The lowest BCUT2D eigenvalue weighted by molar-refractivity contribution is -0.122. The first-order valence-corrected chi connectivity index (χ1v) is 10.8. The number of amides is 2. The van der Waals surface area contributed by atoms with Gasteiger partial charge in [0, 0.05) is 18.7 Å². The van der Waals surface area contributed by atoms with Crippen LogP contribution in [-0.4, -0.2) is 54.0 Å². The summed E-state index contributed by atoms with van der Waals surface area (Å²) in [5.74, 6) is 0.305. The number of thioether (sulfide) groups is 1. The Morgan fingerprint density at radius 2 is 1.88 bits per heavy atom. The first-order chi connectivity index (χ1) is 15.5. The van der Waals surface area contributed by atoms with Gasteiger partial charge in [0.25, 0.3) is 11.8 Å². The topological polar surface area (TPSA) is 94.2 Å². The van der Waals surface area contributed by atoms with E-state index in [1.54, 1.807) is 18.2 Å².